The van der Waals surface area contributed by atoms with Crippen LogP contribution in [-0.2, 0) is 10.4 Å². The van der Waals surface area contributed by atoms with Crippen LogP contribution in [0.3, 0.4) is 0 Å². The van der Waals surface area contributed by atoms with Crippen molar-refractivity contribution in [2.75, 3.05) is 0 Å². The molecule has 1 atom stereocenters. The summed E-state index contributed by atoms with van der Waals surface area (Å²) in [4.78, 5) is 10.6. The van der Waals surface area contributed by atoms with Crippen LogP contribution in [0, 0.1) is 6.92 Å². The lowest BCUT2D eigenvalue weighted by molar-refractivity contribution is -0.104. The Labute approximate surface area is 113 Å². The van der Waals surface area contributed by atoms with E-state index in [1.807, 2.05) is 61.5 Å². The van der Waals surface area contributed by atoms with Crippen molar-refractivity contribution in [2.24, 2.45) is 0 Å². The Morgan fingerprint density at radius 3 is 2.11 bits per heavy atom. The summed E-state index contributed by atoms with van der Waals surface area (Å²) in [7, 11) is 0. The number of allylic oxidation sites excluding steroid dienone is 1. The van der Waals surface area contributed by atoms with E-state index in [4.69, 9.17) is 0 Å². The Balaban J connectivity index is 2.55. The number of benzene rings is 2. The highest BCUT2D eigenvalue weighted by Gasteiger charge is 2.28. The first kappa shape index (κ1) is 13.2. The largest absolute Gasteiger partial charge is 0.377 e. The van der Waals surface area contributed by atoms with Crippen molar-refractivity contribution in [1.29, 1.82) is 0 Å². The van der Waals surface area contributed by atoms with Crippen molar-refractivity contribution < 1.29 is 9.90 Å². The molecule has 0 aliphatic carbocycles. The van der Waals surface area contributed by atoms with Gasteiger partial charge >= 0.3 is 0 Å². The van der Waals surface area contributed by atoms with Crippen LogP contribution in [-0.4, -0.2) is 11.4 Å². The lowest BCUT2D eigenvalue weighted by atomic mass is 9.85. The van der Waals surface area contributed by atoms with Crippen LogP contribution < -0.4 is 0 Å². The normalized spacial score (nSPS) is 14.2. The predicted octanol–water partition coefficient (Wildman–Crippen LogP) is 2.99. The molecule has 0 aliphatic rings. The van der Waals surface area contributed by atoms with E-state index < -0.39 is 5.60 Å². The Morgan fingerprint density at radius 1 is 0.947 bits per heavy atom. The molecule has 1 unspecified atom stereocenters. The standard InChI is InChI=1S/C17H16O2/c1-14-8-10-16(11-9-14)17(19,12-5-13-18)15-6-3-2-4-7-15/h2-13,19H,1H3. The van der Waals surface area contributed by atoms with Crippen LogP contribution >= 0.6 is 0 Å². The molecule has 0 aliphatic heterocycles. The Bertz CT molecular complexity index is 570. The summed E-state index contributed by atoms with van der Waals surface area (Å²) >= 11 is 0. The van der Waals surface area contributed by atoms with E-state index in [9.17, 15) is 9.90 Å². The first-order valence-electron chi connectivity index (χ1n) is 6.15. The molecule has 0 aromatic heterocycles. The summed E-state index contributed by atoms with van der Waals surface area (Å²) in [6, 6.07) is 16.9. The average molecular weight is 252 g/mol. The first-order valence-corrected chi connectivity index (χ1v) is 6.15. The zero-order chi connectivity index (χ0) is 13.7. The second-order valence-corrected chi connectivity index (χ2v) is 4.49. The second kappa shape index (κ2) is 5.63. The maximum atomic E-state index is 10.9. The highest BCUT2D eigenvalue weighted by atomic mass is 16.3. The maximum absolute atomic E-state index is 10.9. The van der Waals surface area contributed by atoms with Gasteiger partial charge in [-0.1, -0.05) is 60.2 Å². The second-order valence-electron chi connectivity index (χ2n) is 4.49. The van der Waals surface area contributed by atoms with Gasteiger partial charge < -0.3 is 5.11 Å². The minimum absolute atomic E-state index is 0.669. The van der Waals surface area contributed by atoms with E-state index in [1.165, 1.54) is 12.2 Å². The Kier molecular flexibility index (Phi) is 3.93. The van der Waals surface area contributed by atoms with Gasteiger partial charge in [-0.3, -0.25) is 4.79 Å². The third-order valence-corrected chi connectivity index (χ3v) is 3.12. The molecular weight excluding hydrogens is 236 g/mol. The van der Waals surface area contributed by atoms with E-state index in [0.29, 0.717) is 6.29 Å². The number of carbonyl (C=O) groups is 1. The van der Waals surface area contributed by atoms with Gasteiger partial charge in [-0.2, -0.15) is 0 Å². The molecule has 2 rings (SSSR count). The smallest absolute Gasteiger partial charge is 0.142 e. The highest BCUT2D eigenvalue weighted by Crippen LogP contribution is 2.31. The average Bonchev–Trinajstić information content (AvgIpc) is 2.46. The fourth-order valence-electron chi connectivity index (χ4n) is 2.04. The van der Waals surface area contributed by atoms with E-state index in [2.05, 4.69) is 0 Å². The van der Waals surface area contributed by atoms with E-state index >= 15 is 0 Å². The van der Waals surface area contributed by atoms with Crippen LogP contribution in [0.4, 0.5) is 0 Å². The van der Waals surface area contributed by atoms with Gasteiger partial charge in [0.1, 0.15) is 11.9 Å². The number of aryl methyl sites for hydroxylation is 1. The zero-order valence-electron chi connectivity index (χ0n) is 10.8. The van der Waals surface area contributed by atoms with E-state index in [0.717, 1.165) is 16.7 Å². The van der Waals surface area contributed by atoms with Crippen LogP contribution in [0.2, 0.25) is 0 Å². The van der Waals surface area contributed by atoms with Gasteiger partial charge in [0, 0.05) is 0 Å². The van der Waals surface area contributed by atoms with Crippen LogP contribution in [0.5, 0.6) is 0 Å². The molecule has 0 saturated heterocycles. The van der Waals surface area contributed by atoms with Crippen molar-refractivity contribution in [2.45, 2.75) is 12.5 Å². The summed E-state index contributed by atoms with van der Waals surface area (Å²) in [5, 5.41) is 10.9. The van der Waals surface area contributed by atoms with Gasteiger partial charge in [0.2, 0.25) is 0 Å². The van der Waals surface area contributed by atoms with Gasteiger partial charge in [-0.25, -0.2) is 0 Å². The zero-order valence-corrected chi connectivity index (χ0v) is 10.8. The summed E-state index contributed by atoms with van der Waals surface area (Å²) in [5.41, 5.74) is 1.31. The number of carbonyl (C=O) groups excluding carboxylic acids is 1. The third kappa shape index (κ3) is 2.80. The summed E-state index contributed by atoms with van der Waals surface area (Å²) in [6.45, 7) is 1.99. The molecule has 2 heteroatoms. The lowest BCUT2D eigenvalue weighted by Gasteiger charge is -2.26. The number of hydrogen-bond donors (Lipinski definition) is 1. The third-order valence-electron chi connectivity index (χ3n) is 3.12. The van der Waals surface area contributed by atoms with Gasteiger partial charge in [-0.15, -0.1) is 0 Å². The molecule has 2 nitrogen and oxygen atoms in total. The molecule has 0 radical (unpaired) electrons. The summed E-state index contributed by atoms with van der Waals surface area (Å²) in [6.07, 6.45) is 3.51. The number of aliphatic hydroxyl groups is 1. The van der Waals surface area contributed by atoms with E-state index in [-0.39, 0.29) is 0 Å². The molecule has 0 amide bonds. The fourth-order valence-corrected chi connectivity index (χ4v) is 2.04. The van der Waals surface area contributed by atoms with Crippen molar-refractivity contribution in [3.63, 3.8) is 0 Å². The van der Waals surface area contributed by atoms with Crippen molar-refractivity contribution in [3.05, 3.63) is 83.4 Å². The molecular formula is C17H16O2. The van der Waals surface area contributed by atoms with Crippen LogP contribution in [0.15, 0.2) is 66.7 Å². The van der Waals surface area contributed by atoms with Gasteiger partial charge in [0.15, 0.2) is 0 Å². The van der Waals surface area contributed by atoms with E-state index in [1.54, 1.807) is 0 Å². The molecule has 2 aromatic carbocycles. The van der Waals surface area contributed by atoms with Crippen LogP contribution in [0.1, 0.15) is 16.7 Å². The van der Waals surface area contributed by atoms with Gasteiger partial charge in [0.05, 0.1) is 0 Å². The molecule has 1 N–H and O–H groups in total. The molecule has 0 heterocycles. The minimum Gasteiger partial charge on any atom is -0.377 e. The molecule has 19 heavy (non-hydrogen) atoms. The SMILES string of the molecule is Cc1ccc(C(O)(C=CC=O)c2ccccc2)cc1. The summed E-state index contributed by atoms with van der Waals surface area (Å²) in [5.74, 6) is 0. The lowest BCUT2D eigenvalue weighted by Crippen LogP contribution is -2.24. The van der Waals surface area contributed by atoms with Crippen molar-refractivity contribution in [1.82, 2.24) is 0 Å². The van der Waals surface area contributed by atoms with Crippen molar-refractivity contribution >= 4 is 6.29 Å². The number of aldehydes is 1. The monoisotopic (exact) mass is 252 g/mol. The fraction of sp³-hybridized carbons (Fsp3) is 0.118. The minimum atomic E-state index is -1.28. The molecule has 0 fully saturated rings. The Hall–Kier alpha value is -2.19. The van der Waals surface area contributed by atoms with Gasteiger partial charge in [0.25, 0.3) is 0 Å². The number of rotatable bonds is 4. The van der Waals surface area contributed by atoms with Crippen molar-refractivity contribution in [3.8, 4) is 0 Å². The first-order chi connectivity index (χ1) is 9.16. The molecule has 0 bridgehead atoms. The van der Waals surface area contributed by atoms with Crippen LogP contribution in [0.25, 0.3) is 0 Å². The summed E-state index contributed by atoms with van der Waals surface area (Å²) < 4.78 is 0. The molecule has 96 valence electrons. The predicted molar refractivity (Wildman–Crippen MR) is 75.8 cm³/mol. The maximum Gasteiger partial charge on any atom is 0.142 e. The Morgan fingerprint density at radius 2 is 1.53 bits per heavy atom. The quantitative estimate of drug-likeness (QED) is 0.671. The molecule has 2 aromatic rings. The molecule has 0 saturated carbocycles. The number of hydrogen-bond acceptors (Lipinski definition) is 2. The van der Waals surface area contributed by atoms with Gasteiger partial charge in [-0.05, 0) is 30.2 Å². The highest BCUT2D eigenvalue weighted by molar-refractivity contribution is 5.66. The molecule has 0 spiro atoms. The topological polar surface area (TPSA) is 37.3 Å².